The smallest absolute Gasteiger partial charge is 0.343 e. The lowest BCUT2D eigenvalue weighted by Gasteiger charge is -2.04. The Bertz CT molecular complexity index is 646. The average Bonchev–Trinajstić information content (AvgIpc) is 2.82. The van der Waals surface area contributed by atoms with Crippen LogP contribution in [0.15, 0.2) is 12.3 Å². The maximum Gasteiger partial charge on any atom is 0.343 e. The number of nitrogens with zero attached hydrogens (tertiary/aromatic N) is 3. The predicted octanol–water partition coefficient (Wildman–Crippen LogP) is 1.81. The average molecular weight is 261 g/mol. The minimum atomic E-state index is -0.481. The molecule has 2 heterocycles. The third-order valence-corrected chi connectivity index (χ3v) is 2.75. The Morgan fingerprint density at radius 3 is 2.74 bits per heavy atom. The summed E-state index contributed by atoms with van der Waals surface area (Å²) in [6.07, 6.45) is 1.78. The van der Waals surface area contributed by atoms with Gasteiger partial charge >= 0.3 is 5.97 Å². The minimum absolute atomic E-state index is 0.0680. The third kappa shape index (κ3) is 2.33. The Morgan fingerprint density at radius 1 is 1.37 bits per heavy atom. The molecule has 2 aromatic rings. The molecule has 6 heteroatoms. The Hall–Kier alpha value is -2.24. The van der Waals surface area contributed by atoms with Gasteiger partial charge in [0.2, 0.25) is 0 Å². The first-order chi connectivity index (χ1) is 9.08. The molecule has 0 aliphatic rings. The second-order valence-electron chi connectivity index (χ2n) is 4.07. The van der Waals surface area contributed by atoms with E-state index >= 15 is 0 Å². The minimum Gasteiger partial charge on any atom is -0.462 e. The molecule has 0 aliphatic heterocycles. The zero-order valence-electron chi connectivity index (χ0n) is 11.1. The lowest BCUT2D eigenvalue weighted by Crippen LogP contribution is -2.09. The summed E-state index contributed by atoms with van der Waals surface area (Å²) >= 11 is 0. The highest BCUT2D eigenvalue weighted by Crippen LogP contribution is 2.14. The lowest BCUT2D eigenvalue weighted by atomic mass is 10.2. The Labute approximate surface area is 110 Å². The van der Waals surface area contributed by atoms with Crippen LogP contribution in [0.3, 0.4) is 0 Å². The van der Waals surface area contributed by atoms with Gasteiger partial charge in [-0.05, 0) is 19.9 Å². The van der Waals surface area contributed by atoms with Crippen molar-refractivity contribution in [2.45, 2.75) is 27.2 Å². The second kappa shape index (κ2) is 5.17. The van der Waals surface area contributed by atoms with E-state index in [1.54, 1.807) is 19.9 Å². The van der Waals surface area contributed by atoms with Gasteiger partial charge in [-0.3, -0.25) is 4.79 Å². The van der Waals surface area contributed by atoms with E-state index in [1.165, 1.54) is 10.7 Å². The van der Waals surface area contributed by atoms with Crippen LogP contribution in [0.5, 0.6) is 0 Å². The highest BCUT2D eigenvalue weighted by Gasteiger charge is 2.18. The molecule has 0 aromatic carbocycles. The van der Waals surface area contributed by atoms with Crippen LogP contribution in [-0.2, 0) is 4.74 Å². The van der Waals surface area contributed by atoms with Crippen LogP contribution in [0.1, 0.15) is 46.8 Å². The fraction of sp³-hybridized carbons (Fsp3) is 0.385. The lowest BCUT2D eigenvalue weighted by molar-refractivity contribution is 0.0528. The van der Waals surface area contributed by atoms with E-state index in [4.69, 9.17) is 4.74 Å². The number of rotatable bonds is 4. The van der Waals surface area contributed by atoms with E-state index in [9.17, 15) is 9.59 Å². The first-order valence-corrected chi connectivity index (χ1v) is 6.14. The normalized spacial score (nSPS) is 10.7. The van der Waals surface area contributed by atoms with Crippen LogP contribution in [0.25, 0.3) is 5.65 Å². The molecule has 0 N–H and O–H groups in total. The molecule has 0 saturated heterocycles. The van der Waals surface area contributed by atoms with Crippen molar-refractivity contribution in [2.24, 2.45) is 0 Å². The van der Waals surface area contributed by atoms with Gasteiger partial charge in [0.15, 0.2) is 11.4 Å². The fourth-order valence-electron chi connectivity index (χ4n) is 1.79. The summed E-state index contributed by atoms with van der Waals surface area (Å²) in [6, 6.07) is 1.67. The molecular weight excluding hydrogens is 246 g/mol. The number of ether oxygens (including phenoxy) is 1. The number of aromatic nitrogens is 3. The molecule has 0 radical (unpaired) electrons. The SMILES string of the molecule is CCOC(=O)c1cnn2c(C)cc(C(=O)CC)nc12. The molecular formula is C13H15N3O3. The van der Waals surface area contributed by atoms with E-state index < -0.39 is 5.97 Å². The Morgan fingerprint density at radius 2 is 2.11 bits per heavy atom. The van der Waals surface area contributed by atoms with Gasteiger partial charge in [0, 0.05) is 12.1 Å². The Kier molecular flexibility index (Phi) is 3.59. The van der Waals surface area contributed by atoms with Crippen molar-refractivity contribution in [3.05, 3.63) is 29.2 Å². The predicted molar refractivity (Wildman–Crippen MR) is 68.3 cm³/mol. The zero-order chi connectivity index (χ0) is 14.0. The first kappa shape index (κ1) is 13.2. The van der Waals surface area contributed by atoms with E-state index in [2.05, 4.69) is 10.1 Å². The molecule has 2 rings (SSSR count). The number of aryl methyl sites for hydroxylation is 1. The van der Waals surface area contributed by atoms with E-state index in [1.807, 2.05) is 6.92 Å². The number of ketones is 1. The Balaban J connectivity index is 2.59. The summed E-state index contributed by atoms with van der Waals surface area (Å²) in [4.78, 5) is 27.7. The highest BCUT2D eigenvalue weighted by atomic mass is 16.5. The summed E-state index contributed by atoms with van der Waals surface area (Å²) in [5.41, 5.74) is 1.72. The van der Waals surface area contributed by atoms with E-state index in [0.29, 0.717) is 17.8 Å². The number of fused-ring (bicyclic) bond motifs is 1. The van der Waals surface area contributed by atoms with Crippen molar-refractivity contribution >= 4 is 17.4 Å². The van der Waals surface area contributed by atoms with Gasteiger partial charge in [-0.2, -0.15) is 5.10 Å². The van der Waals surface area contributed by atoms with Gasteiger partial charge in [-0.15, -0.1) is 0 Å². The van der Waals surface area contributed by atoms with Crippen molar-refractivity contribution in [1.82, 2.24) is 14.6 Å². The molecule has 0 fully saturated rings. The molecule has 100 valence electrons. The number of Topliss-reactive ketones (excluding diaryl/α,β-unsaturated/α-hetero) is 1. The third-order valence-electron chi connectivity index (χ3n) is 2.75. The van der Waals surface area contributed by atoms with Crippen molar-refractivity contribution < 1.29 is 14.3 Å². The van der Waals surface area contributed by atoms with Crippen molar-refractivity contribution in [1.29, 1.82) is 0 Å². The number of hydrogen-bond acceptors (Lipinski definition) is 5. The van der Waals surface area contributed by atoms with Gasteiger partial charge in [-0.25, -0.2) is 14.3 Å². The molecule has 0 aliphatic carbocycles. The molecule has 0 saturated carbocycles. The standard InChI is InChI=1S/C13H15N3O3/c1-4-11(17)10-6-8(3)16-12(15-10)9(7-14-16)13(18)19-5-2/h6-7H,4-5H2,1-3H3. The van der Waals surface area contributed by atoms with Gasteiger partial charge in [0.05, 0.1) is 12.8 Å². The summed E-state index contributed by atoms with van der Waals surface area (Å²) in [5.74, 6) is -0.549. The van der Waals surface area contributed by atoms with Gasteiger partial charge < -0.3 is 4.74 Å². The monoisotopic (exact) mass is 261 g/mol. The first-order valence-electron chi connectivity index (χ1n) is 6.14. The number of hydrogen-bond donors (Lipinski definition) is 0. The van der Waals surface area contributed by atoms with Gasteiger partial charge in [0.25, 0.3) is 0 Å². The molecule has 0 atom stereocenters. The molecule has 2 aromatic heterocycles. The van der Waals surface area contributed by atoms with Crippen LogP contribution in [0, 0.1) is 6.92 Å². The highest BCUT2D eigenvalue weighted by molar-refractivity contribution is 5.98. The van der Waals surface area contributed by atoms with E-state index in [0.717, 1.165) is 5.69 Å². The zero-order valence-corrected chi connectivity index (χ0v) is 11.1. The molecule has 0 bridgehead atoms. The van der Waals surface area contributed by atoms with Crippen LogP contribution < -0.4 is 0 Å². The van der Waals surface area contributed by atoms with Crippen LogP contribution in [0.2, 0.25) is 0 Å². The summed E-state index contributed by atoms with van der Waals surface area (Å²) in [5, 5.41) is 4.09. The number of carbonyl (C=O) groups is 2. The van der Waals surface area contributed by atoms with Crippen LogP contribution >= 0.6 is 0 Å². The van der Waals surface area contributed by atoms with Crippen molar-refractivity contribution in [2.75, 3.05) is 6.61 Å². The molecule has 0 unspecified atom stereocenters. The van der Waals surface area contributed by atoms with Crippen LogP contribution in [0.4, 0.5) is 0 Å². The molecule has 0 amide bonds. The number of carbonyl (C=O) groups excluding carboxylic acids is 2. The summed E-state index contributed by atoms with van der Waals surface area (Å²) < 4.78 is 6.47. The topological polar surface area (TPSA) is 73.6 Å². The largest absolute Gasteiger partial charge is 0.462 e. The van der Waals surface area contributed by atoms with Gasteiger partial charge in [0.1, 0.15) is 11.3 Å². The molecule has 0 spiro atoms. The second-order valence-corrected chi connectivity index (χ2v) is 4.07. The number of esters is 1. The van der Waals surface area contributed by atoms with Gasteiger partial charge in [-0.1, -0.05) is 6.92 Å². The molecule has 19 heavy (non-hydrogen) atoms. The maximum absolute atomic E-state index is 11.8. The summed E-state index contributed by atoms with van der Waals surface area (Å²) in [7, 11) is 0. The maximum atomic E-state index is 11.8. The van der Waals surface area contributed by atoms with Crippen molar-refractivity contribution in [3.8, 4) is 0 Å². The molecule has 6 nitrogen and oxygen atoms in total. The van der Waals surface area contributed by atoms with Crippen LogP contribution in [-0.4, -0.2) is 33.0 Å². The van der Waals surface area contributed by atoms with E-state index in [-0.39, 0.29) is 18.0 Å². The van der Waals surface area contributed by atoms with Crippen molar-refractivity contribution in [3.63, 3.8) is 0 Å². The quantitative estimate of drug-likeness (QED) is 0.620. The summed E-state index contributed by atoms with van der Waals surface area (Å²) in [6.45, 7) is 5.59. The fourth-order valence-corrected chi connectivity index (χ4v) is 1.79.